The lowest BCUT2D eigenvalue weighted by molar-refractivity contribution is -0.384. The average Bonchev–Trinajstić information content (AvgIpc) is 2.78. The van der Waals surface area contributed by atoms with Gasteiger partial charge in [0.1, 0.15) is 0 Å². The molecule has 0 amide bonds. The van der Waals surface area contributed by atoms with E-state index in [1.165, 1.54) is 26.4 Å². The fourth-order valence-corrected chi connectivity index (χ4v) is 3.53. The van der Waals surface area contributed by atoms with Gasteiger partial charge in [-0.25, -0.2) is 0 Å². The van der Waals surface area contributed by atoms with Gasteiger partial charge in [0.25, 0.3) is 5.69 Å². The lowest BCUT2D eigenvalue weighted by atomic mass is 10.1. The summed E-state index contributed by atoms with van der Waals surface area (Å²) in [6.07, 6.45) is 0.626. The van der Waals surface area contributed by atoms with E-state index < -0.39 is 17.4 Å². The Morgan fingerprint density at radius 1 is 1.19 bits per heavy atom. The Morgan fingerprint density at radius 2 is 1.94 bits per heavy atom. The molecule has 172 valence electrons. The molecule has 0 fully saturated rings. The molecule has 0 saturated heterocycles. The van der Waals surface area contributed by atoms with Gasteiger partial charge in [0.15, 0.2) is 12.5 Å². The zero-order valence-corrected chi connectivity index (χ0v) is 18.2. The largest absolute Gasteiger partial charge is 0.465 e. The van der Waals surface area contributed by atoms with Crippen LogP contribution in [0.25, 0.3) is 0 Å². The molecule has 1 aromatic heterocycles. The second kappa shape index (κ2) is 10.8. The third-order valence-corrected chi connectivity index (χ3v) is 4.95. The summed E-state index contributed by atoms with van der Waals surface area (Å²) >= 11 is 0. The van der Waals surface area contributed by atoms with Gasteiger partial charge in [0.05, 0.1) is 35.1 Å². The van der Waals surface area contributed by atoms with Crippen molar-refractivity contribution in [2.45, 2.75) is 32.5 Å². The number of carbonyl (C=O) groups is 1. The molecule has 1 aliphatic rings. The third kappa shape index (κ3) is 5.69. The first-order valence-corrected chi connectivity index (χ1v) is 10.1. The van der Waals surface area contributed by atoms with Gasteiger partial charge in [0.2, 0.25) is 0 Å². The Bertz CT molecular complexity index is 942. The molecule has 2 heterocycles. The maximum atomic E-state index is 12.2. The highest BCUT2D eigenvalue weighted by Gasteiger charge is 2.31. The summed E-state index contributed by atoms with van der Waals surface area (Å²) in [6, 6.07) is 8.45. The number of nitro groups is 1. The number of hydrogen-bond acceptors (Lipinski definition) is 10. The van der Waals surface area contributed by atoms with Crippen molar-refractivity contribution in [1.29, 1.82) is 0 Å². The molecule has 0 radical (unpaired) electrons. The molecule has 0 aliphatic carbocycles. The van der Waals surface area contributed by atoms with Crippen LogP contribution in [0.1, 0.15) is 18.2 Å². The van der Waals surface area contributed by atoms with Crippen molar-refractivity contribution in [3.8, 4) is 0 Å². The van der Waals surface area contributed by atoms with E-state index in [0.29, 0.717) is 23.5 Å². The third-order valence-electron chi connectivity index (χ3n) is 4.95. The van der Waals surface area contributed by atoms with E-state index in [9.17, 15) is 14.9 Å². The number of non-ortho nitro benzene ring substituents is 1. The highest BCUT2D eigenvalue weighted by molar-refractivity contribution is 5.78. The number of ether oxygens (including phenoxy) is 3. The molecule has 0 spiro atoms. The molecule has 11 nitrogen and oxygen atoms in total. The lowest BCUT2D eigenvalue weighted by Crippen LogP contribution is -2.46. The van der Waals surface area contributed by atoms with Crippen molar-refractivity contribution >= 4 is 23.0 Å². The van der Waals surface area contributed by atoms with Gasteiger partial charge in [-0.2, -0.15) is 0 Å². The van der Waals surface area contributed by atoms with E-state index in [-0.39, 0.29) is 31.4 Å². The van der Waals surface area contributed by atoms with Gasteiger partial charge < -0.3 is 24.8 Å². The first kappa shape index (κ1) is 23.4. The van der Waals surface area contributed by atoms with Crippen molar-refractivity contribution in [1.82, 2.24) is 9.88 Å². The molecule has 2 aromatic rings. The van der Waals surface area contributed by atoms with Gasteiger partial charge in [-0.1, -0.05) is 6.07 Å². The Balaban J connectivity index is 1.96. The summed E-state index contributed by atoms with van der Waals surface area (Å²) in [4.78, 5) is 29.5. The molecule has 3 rings (SSSR count). The number of nitrogens with one attached hydrogen (secondary N) is 2. The quantitative estimate of drug-likeness (QED) is 0.319. The monoisotopic (exact) mass is 445 g/mol. The van der Waals surface area contributed by atoms with Gasteiger partial charge in [-0.05, 0) is 24.6 Å². The number of esters is 1. The fourth-order valence-electron chi connectivity index (χ4n) is 3.53. The van der Waals surface area contributed by atoms with E-state index in [2.05, 4.69) is 15.6 Å². The lowest BCUT2D eigenvalue weighted by Gasteiger charge is -2.35. The molecule has 2 atom stereocenters. The minimum Gasteiger partial charge on any atom is -0.465 e. The molecule has 1 aromatic carbocycles. The summed E-state index contributed by atoms with van der Waals surface area (Å²) in [6.45, 7) is 2.61. The van der Waals surface area contributed by atoms with Crippen LogP contribution in [0.3, 0.4) is 0 Å². The molecule has 11 heteroatoms. The van der Waals surface area contributed by atoms with E-state index in [1.54, 1.807) is 13.1 Å². The summed E-state index contributed by atoms with van der Waals surface area (Å²) in [5, 5.41) is 17.9. The molecular weight excluding hydrogens is 418 g/mol. The van der Waals surface area contributed by atoms with Crippen molar-refractivity contribution in [3.05, 3.63) is 57.9 Å². The van der Waals surface area contributed by atoms with Gasteiger partial charge in [-0.15, -0.1) is 0 Å². The molecule has 2 N–H and O–H groups in total. The number of anilines is 2. The number of pyridine rings is 1. The van der Waals surface area contributed by atoms with Crippen molar-refractivity contribution < 1.29 is 23.9 Å². The smallest absolute Gasteiger partial charge is 0.320 e. The van der Waals surface area contributed by atoms with Crippen LogP contribution in [-0.4, -0.2) is 60.6 Å². The number of hydrogen-bond donors (Lipinski definition) is 2. The van der Waals surface area contributed by atoms with Crippen LogP contribution in [0.2, 0.25) is 0 Å². The highest BCUT2D eigenvalue weighted by Crippen LogP contribution is 2.37. The van der Waals surface area contributed by atoms with E-state index in [0.717, 1.165) is 5.69 Å². The van der Waals surface area contributed by atoms with Crippen molar-refractivity contribution in [2.75, 3.05) is 38.0 Å². The molecule has 1 aliphatic heterocycles. The Kier molecular flexibility index (Phi) is 7.92. The van der Waals surface area contributed by atoms with E-state index in [1.807, 2.05) is 23.1 Å². The summed E-state index contributed by atoms with van der Waals surface area (Å²) in [5.74, 6) is -0.386. The van der Waals surface area contributed by atoms with Crippen LogP contribution in [0, 0.1) is 10.1 Å². The molecule has 2 unspecified atom stereocenters. The van der Waals surface area contributed by atoms with E-state index >= 15 is 0 Å². The minimum absolute atomic E-state index is 0.00368. The van der Waals surface area contributed by atoms with Crippen molar-refractivity contribution in [2.24, 2.45) is 0 Å². The number of aromatic nitrogens is 1. The Morgan fingerprint density at radius 3 is 2.56 bits per heavy atom. The Labute approximate surface area is 185 Å². The minimum atomic E-state index is -0.536. The molecule has 32 heavy (non-hydrogen) atoms. The van der Waals surface area contributed by atoms with Crippen LogP contribution in [0.15, 0.2) is 36.5 Å². The average molecular weight is 445 g/mol. The first-order valence-electron chi connectivity index (χ1n) is 10.1. The zero-order chi connectivity index (χ0) is 23.1. The van der Waals surface area contributed by atoms with Crippen LogP contribution in [-0.2, 0) is 32.1 Å². The number of nitro benzene ring substituents is 1. The summed E-state index contributed by atoms with van der Waals surface area (Å²) in [5.41, 5.74) is 2.47. The summed E-state index contributed by atoms with van der Waals surface area (Å²) < 4.78 is 15.9. The van der Waals surface area contributed by atoms with E-state index in [4.69, 9.17) is 14.2 Å². The fraction of sp³-hybridized carbons (Fsp3) is 0.429. The summed E-state index contributed by atoms with van der Waals surface area (Å²) in [7, 11) is 3.05. The van der Waals surface area contributed by atoms with Gasteiger partial charge in [0, 0.05) is 45.6 Å². The van der Waals surface area contributed by atoms with Crippen LogP contribution in [0.4, 0.5) is 17.1 Å². The molecule has 0 bridgehead atoms. The van der Waals surface area contributed by atoms with Gasteiger partial charge in [-0.3, -0.25) is 24.8 Å². The van der Waals surface area contributed by atoms with Crippen LogP contribution < -0.4 is 10.6 Å². The van der Waals surface area contributed by atoms with Crippen molar-refractivity contribution in [3.63, 3.8) is 0 Å². The maximum absolute atomic E-state index is 12.2. The number of nitrogens with zero attached hydrogens (tertiary/aromatic N) is 3. The predicted octanol–water partition coefficient (Wildman–Crippen LogP) is 2.34. The van der Waals surface area contributed by atoms with Crippen LogP contribution >= 0.6 is 0 Å². The second-order valence-electron chi connectivity index (χ2n) is 7.16. The van der Waals surface area contributed by atoms with Crippen LogP contribution in [0.5, 0.6) is 0 Å². The number of fused-ring (bicyclic) bond motifs is 1. The first-order chi connectivity index (χ1) is 15.4. The highest BCUT2D eigenvalue weighted by atomic mass is 16.6. The second-order valence-corrected chi connectivity index (χ2v) is 7.16. The maximum Gasteiger partial charge on any atom is 0.320 e. The SMILES string of the molecule is CCOC(=O)CN(Cc1ccccn1)Cc1cc([N+](=O)[O-])cc2c1NC(OC)C(OC)N2. The topological polar surface area (TPSA) is 128 Å². The Hall–Kier alpha value is -3.28. The number of carbonyl (C=O) groups excluding carboxylic acids is 1. The molecule has 0 saturated carbocycles. The zero-order valence-electron chi connectivity index (χ0n) is 18.2. The molecular formula is C21H27N5O6. The number of rotatable bonds is 10. The normalized spacial score (nSPS) is 17.2. The van der Waals surface area contributed by atoms with Gasteiger partial charge >= 0.3 is 5.97 Å². The number of benzene rings is 1. The number of methoxy groups -OCH3 is 2. The standard InChI is InChI=1S/C21H27N5O6/c1-4-32-18(27)13-25(12-15-7-5-6-8-22-15)11-14-9-16(26(28)29)10-17-19(14)24-21(31-3)20(23-17)30-2/h5-10,20-21,23-24H,4,11-13H2,1-3H3. The predicted molar refractivity (Wildman–Crippen MR) is 117 cm³/mol.